The van der Waals surface area contributed by atoms with Crippen molar-refractivity contribution >= 4 is 10.9 Å². The first-order valence-electron chi connectivity index (χ1n) is 12.0. The minimum atomic E-state index is -0.456. The summed E-state index contributed by atoms with van der Waals surface area (Å²) in [5.74, 6) is 0.287. The molecule has 1 aliphatic heterocycles. The van der Waals surface area contributed by atoms with Crippen LogP contribution in [0.4, 0.5) is 4.39 Å². The van der Waals surface area contributed by atoms with Gasteiger partial charge in [0.25, 0.3) is 5.56 Å². The summed E-state index contributed by atoms with van der Waals surface area (Å²) < 4.78 is 15.2. The first-order chi connectivity index (χ1) is 17.6. The summed E-state index contributed by atoms with van der Waals surface area (Å²) in [7, 11) is 0. The molecule has 36 heavy (non-hydrogen) atoms. The molecule has 6 rings (SSSR count). The zero-order valence-corrected chi connectivity index (χ0v) is 19.9. The Hall–Kier alpha value is -4.17. The van der Waals surface area contributed by atoms with Crippen LogP contribution in [0, 0.1) is 12.7 Å². The number of aromatic nitrogens is 5. The minimum Gasteiger partial charge on any atom is -0.321 e. The van der Waals surface area contributed by atoms with E-state index >= 15 is 0 Å². The number of nitrogens with one attached hydrogen (secondary N) is 1. The Balaban J connectivity index is 1.48. The van der Waals surface area contributed by atoms with Gasteiger partial charge in [-0.05, 0) is 69.6 Å². The molecular weight excluding hydrogens is 455 g/mol. The molecule has 0 saturated heterocycles. The normalized spacial score (nSPS) is 14.6. The molecule has 0 amide bonds. The van der Waals surface area contributed by atoms with Gasteiger partial charge in [-0.1, -0.05) is 54.6 Å². The van der Waals surface area contributed by atoms with Gasteiger partial charge in [-0.25, -0.2) is 9.07 Å². The topological polar surface area (TPSA) is 79.7 Å². The predicted molar refractivity (Wildman–Crippen MR) is 135 cm³/mol. The van der Waals surface area contributed by atoms with Crippen molar-refractivity contribution in [3.63, 3.8) is 0 Å². The van der Waals surface area contributed by atoms with E-state index < -0.39 is 6.04 Å². The van der Waals surface area contributed by atoms with Crippen LogP contribution in [0.1, 0.15) is 39.7 Å². The van der Waals surface area contributed by atoms with Gasteiger partial charge in [-0.15, -0.1) is 5.10 Å². The maximum atomic E-state index is 13.5. The number of fused-ring (bicyclic) bond motifs is 2. The van der Waals surface area contributed by atoms with Gasteiger partial charge in [0.05, 0.1) is 12.1 Å². The molecule has 0 fully saturated rings. The standard InChI is InChI=1S/C28H25FN6O/c1-18-5-4-8-21-15-24(28(36)30-25(18)21)26(34-14-13-20-6-2-3-7-22(20)17-34)27-31-32-33-35(27)16-19-9-11-23(29)12-10-19/h2-12,15,26H,13-14,16-17H2,1H3,(H,30,36)/t26-/m0/s1. The number of benzene rings is 3. The number of para-hydroxylation sites is 1. The molecule has 0 bridgehead atoms. The number of tetrazole rings is 1. The van der Waals surface area contributed by atoms with Crippen molar-refractivity contribution in [2.45, 2.75) is 32.5 Å². The fraction of sp³-hybridized carbons (Fsp3) is 0.214. The number of halogens is 1. The van der Waals surface area contributed by atoms with Gasteiger partial charge in [0, 0.05) is 18.7 Å². The van der Waals surface area contributed by atoms with E-state index in [1.165, 1.54) is 23.3 Å². The number of hydrogen-bond donors (Lipinski definition) is 1. The van der Waals surface area contributed by atoms with Crippen molar-refractivity contribution in [1.82, 2.24) is 30.1 Å². The van der Waals surface area contributed by atoms with E-state index in [1.54, 1.807) is 16.8 Å². The highest BCUT2D eigenvalue weighted by molar-refractivity contribution is 5.82. The Morgan fingerprint density at radius 2 is 1.83 bits per heavy atom. The smallest absolute Gasteiger partial charge is 0.253 e. The number of rotatable bonds is 5. The van der Waals surface area contributed by atoms with E-state index in [0.29, 0.717) is 24.5 Å². The predicted octanol–water partition coefficient (Wildman–Crippen LogP) is 4.16. The molecule has 0 unspecified atom stereocenters. The molecule has 0 aliphatic carbocycles. The van der Waals surface area contributed by atoms with Crippen molar-refractivity contribution in [1.29, 1.82) is 0 Å². The zero-order chi connectivity index (χ0) is 24.6. The second kappa shape index (κ2) is 9.13. The van der Waals surface area contributed by atoms with Gasteiger partial charge >= 0.3 is 0 Å². The highest BCUT2D eigenvalue weighted by Gasteiger charge is 2.32. The molecule has 5 aromatic rings. The first kappa shape index (κ1) is 22.3. The summed E-state index contributed by atoms with van der Waals surface area (Å²) in [4.78, 5) is 18.9. The van der Waals surface area contributed by atoms with Crippen LogP contribution < -0.4 is 5.56 Å². The largest absolute Gasteiger partial charge is 0.321 e. The number of nitrogens with zero attached hydrogens (tertiary/aromatic N) is 5. The molecule has 1 aliphatic rings. The fourth-order valence-electron chi connectivity index (χ4n) is 5.12. The van der Waals surface area contributed by atoms with Crippen molar-refractivity contribution in [3.8, 4) is 0 Å². The molecule has 0 spiro atoms. The van der Waals surface area contributed by atoms with Crippen LogP contribution in [0.5, 0.6) is 0 Å². The maximum absolute atomic E-state index is 13.5. The maximum Gasteiger partial charge on any atom is 0.253 e. The van der Waals surface area contributed by atoms with Gasteiger partial charge < -0.3 is 4.98 Å². The molecular formula is C28H25FN6O. The summed E-state index contributed by atoms with van der Waals surface area (Å²) in [5.41, 5.74) is 5.72. The van der Waals surface area contributed by atoms with Gasteiger partial charge in [0.2, 0.25) is 0 Å². The lowest BCUT2D eigenvalue weighted by atomic mass is 9.95. The van der Waals surface area contributed by atoms with Crippen LogP contribution in [0.15, 0.2) is 77.6 Å². The Morgan fingerprint density at radius 3 is 2.67 bits per heavy atom. The second-order valence-electron chi connectivity index (χ2n) is 9.31. The first-order valence-corrected chi connectivity index (χ1v) is 12.0. The summed E-state index contributed by atoms with van der Waals surface area (Å²) in [6, 6.07) is 22.2. The fourth-order valence-corrected chi connectivity index (χ4v) is 5.12. The van der Waals surface area contributed by atoms with Gasteiger partial charge in [0.15, 0.2) is 5.82 Å². The summed E-state index contributed by atoms with van der Waals surface area (Å²) in [6.45, 7) is 3.79. The minimum absolute atomic E-state index is 0.156. The number of aromatic amines is 1. The van der Waals surface area contributed by atoms with E-state index in [2.05, 4.69) is 43.6 Å². The Kier molecular flexibility index (Phi) is 5.65. The average molecular weight is 481 g/mol. The third-order valence-electron chi connectivity index (χ3n) is 6.99. The Bertz CT molecular complexity index is 1610. The number of H-pyrrole nitrogens is 1. The number of hydrogen-bond acceptors (Lipinski definition) is 5. The quantitative estimate of drug-likeness (QED) is 0.409. The van der Waals surface area contributed by atoms with Crippen LogP contribution in [0.25, 0.3) is 10.9 Å². The Morgan fingerprint density at radius 1 is 1.03 bits per heavy atom. The van der Waals surface area contributed by atoms with Crippen molar-refractivity contribution < 1.29 is 4.39 Å². The van der Waals surface area contributed by atoms with Crippen molar-refractivity contribution in [2.75, 3.05) is 6.54 Å². The summed E-state index contributed by atoms with van der Waals surface area (Å²) in [6.07, 6.45) is 0.872. The van der Waals surface area contributed by atoms with Crippen molar-refractivity contribution in [3.05, 3.63) is 123 Å². The molecule has 1 N–H and O–H groups in total. The molecule has 7 nitrogen and oxygen atoms in total. The Labute approximate surface area is 207 Å². The number of aryl methyl sites for hydroxylation is 1. The molecule has 3 aromatic carbocycles. The van der Waals surface area contributed by atoms with Crippen LogP contribution in [0.2, 0.25) is 0 Å². The number of pyridine rings is 1. The highest BCUT2D eigenvalue weighted by Crippen LogP contribution is 2.32. The molecule has 8 heteroatoms. The average Bonchev–Trinajstić information content (AvgIpc) is 3.34. The van der Waals surface area contributed by atoms with Crippen LogP contribution in [-0.4, -0.2) is 36.6 Å². The van der Waals surface area contributed by atoms with E-state index in [-0.39, 0.29) is 11.4 Å². The van der Waals surface area contributed by atoms with Gasteiger partial charge in [0.1, 0.15) is 11.9 Å². The van der Waals surface area contributed by atoms with Gasteiger partial charge in [-0.3, -0.25) is 9.69 Å². The highest BCUT2D eigenvalue weighted by atomic mass is 19.1. The lowest BCUT2D eigenvalue weighted by Gasteiger charge is -2.34. The van der Waals surface area contributed by atoms with E-state index in [1.807, 2.05) is 37.3 Å². The summed E-state index contributed by atoms with van der Waals surface area (Å²) >= 11 is 0. The third-order valence-corrected chi connectivity index (χ3v) is 6.99. The van der Waals surface area contributed by atoms with E-state index in [9.17, 15) is 9.18 Å². The third kappa shape index (κ3) is 4.09. The zero-order valence-electron chi connectivity index (χ0n) is 19.9. The summed E-state index contributed by atoms with van der Waals surface area (Å²) in [5, 5.41) is 13.6. The van der Waals surface area contributed by atoms with Crippen molar-refractivity contribution in [2.24, 2.45) is 0 Å². The van der Waals surface area contributed by atoms with Crippen LogP contribution >= 0.6 is 0 Å². The lowest BCUT2D eigenvalue weighted by molar-refractivity contribution is 0.194. The van der Waals surface area contributed by atoms with Crippen LogP contribution in [0.3, 0.4) is 0 Å². The molecule has 2 aromatic heterocycles. The SMILES string of the molecule is Cc1cccc2cc([C@@H](c3nnnn3Cc3ccc(F)cc3)N3CCc4ccccc4C3)c(=O)[nH]c12. The van der Waals surface area contributed by atoms with Crippen LogP contribution in [-0.2, 0) is 19.5 Å². The van der Waals surface area contributed by atoms with E-state index in [0.717, 1.165) is 35.0 Å². The molecule has 180 valence electrons. The lowest BCUT2D eigenvalue weighted by Crippen LogP contribution is -2.38. The molecule has 3 heterocycles. The van der Waals surface area contributed by atoms with Gasteiger partial charge in [-0.2, -0.15) is 0 Å². The molecule has 0 radical (unpaired) electrons. The van der Waals surface area contributed by atoms with E-state index in [4.69, 9.17) is 0 Å². The second-order valence-corrected chi connectivity index (χ2v) is 9.31. The molecule has 0 saturated carbocycles. The molecule has 1 atom stereocenters. The monoisotopic (exact) mass is 480 g/mol.